The lowest BCUT2D eigenvalue weighted by Gasteiger charge is -2.06. The lowest BCUT2D eigenvalue weighted by atomic mass is 10.1. The van der Waals surface area contributed by atoms with Gasteiger partial charge in [-0.25, -0.2) is 9.97 Å². The SMILES string of the molecule is Nc1ncnc2c1c(-c1ccccc1)cn2-c1ccc(CCO)cc1. The third kappa shape index (κ3) is 2.75. The van der Waals surface area contributed by atoms with Gasteiger partial charge >= 0.3 is 0 Å². The number of fused-ring (bicyclic) bond motifs is 1. The molecule has 0 amide bonds. The summed E-state index contributed by atoms with van der Waals surface area (Å²) < 4.78 is 2.03. The predicted molar refractivity (Wildman–Crippen MR) is 99.5 cm³/mol. The standard InChI is InChI=1S/C20H18N4O/c21-19-18-17(15-4-2-1-3-5-15)12-24(20(18)23-13-22-19)16-8-6-14(7-9-16)10-11-25/h1-9,12-13,25H,10-11H2,(H2,21,22,23). The Hall–Kier alpha value is -3.18. The van der Waals surface area contributed by atoms with Crippen molar-refractivity contribution in [2.45, 2.75) is 6.42 Å². The molecule has 2 aromatic carbocycles. The van der Waals surface area contributed by atoms with Crippen LogP contribution in [0.5, 0.6) is 0 Å². The largest absolute Gasteiger partial charge is 0.396 e. The van der Waals surface area contributed by atoms with E-state index in [-0.39, 0.29) is 6.61 Å². The van der Waals surface area contributed by atoms with Gasteiger partial charge in [0.2, 0.25) is 0 Å². The second-order valence-corrected chi connectivity index (χ2v) is 5.88. The Kier molecular flexibility index (Phi) is 3.91. The minimum absolute atomic E-state index is 0.147. The molecule has 0 bridgehead atoms. The normalized spacial score (nSPS) is 11.1. The number of nitrogens with zero attached hydrogens (tertiary/aromatic N) is 3. The summed E-state index contributed by atoms with van der Waals surface area (Å²) in [7, 11) is 0. The van der Waals surface area contributed by atoms with E-state index in [9.17, 15) is 0 Å². The molecule has 124 valence electrons. The molecule has 0 aliphatic rings. The summed E-state index contributed by atoms with van der Waals surface area (Å²) in [6.45, 7) is 0.147. The molecule has 0 spiro atoms. The van der Waals surface area contributed by atoms with Crippen LogP contribution in [0, 0.1) is 0 Å². The molecule has 4 rings (SSSR count). The first-order valence-corrected chi connectivity index (χ1v) is 8.15. The fourth-order valence-electron chi connectivity index (χ4n) is 3.07. The molecule has 0 aliphatic heterocycles. The molecular formula is C20H18N4O. The van der Waals surface area contributed by atoms with Crippen molar-refractivity contribution in [3.05, 3.63) is 72.7 Å². The first-order chi connectivity index (χ1) is 12.3. The highest BCUT2D eigenvalue weighted by Crippen LogP contribution is 2.34. The van der Waals surface area contributed by atoms with E-state index >= 15 is 0 Å². The zero-order valence-corrected chi connectivity index (χ0v) is 13.6. The van der Waals surface area contributed by atoms with E-state index in [1.54, 1.807) is 0 Å². The van der Waals surface area contributed by atoms with E-state index in [2.05, 4.69) is 22.1 Å². The van der Waals surface area contributed by atoms with Gasteiger partial charge in [0.25, 0.3) is 0 Å². The van der Waals surface area contributed by atoms with Gasteiger partial charge in [0.05, 0.1) is 5.39 Å². The predicted octanol–water partition coefficient (Wildman–Crippen LogP) is 3.20. The van der Waals surface area contributed by atoms with Gasteiger partial charge in [-0.15, -0.1) is 0 Å². The number of rotatable bonds is 4. The van der Waals surface area contributed by atoms with Crippen LogP contribution in [0.4, 0.5) is 5.82 Å². The smallest absolute Gasteiger partial charge is 0.150 e. The van der Waals surface area contributed by atoms with Gasteiger partial charge in [-0.2, -0.15) is 0 Å². The second kappa shape index (κ2) is 6.37. The van der Waals surface area contributed by atoms with Gasteiger partial charge < -0.3 is 15.4 Å². The van der Waals surface area contributed by atoms with Crippen molar-refractivity contribution >= 4 is 16.9 Å². The average molecular weight is 330 g/mol. The van der Waals surface area contributed by atoms with E-state index < -0.39 is 0 Å². The third-order valence-electron chi connectivity index (χ3n) is 4.31. The van der Waals surface area contributed by atoms with Crippen LogP contribution in [0.3, 0.4) is 0 Å². The molecule has 5 nitrogen and oxygen atoms in total. The van der Waals surface area contributed by atoms with Crippen molar-refractivity contribution in [3.63, 3.8) is 0 Å². The molecule has 0 saturated heterocycles. The van der Waals surface area contributed by atoms with Crippen LogP contribution in [0.25, 0.3) is 27.8 Å². The van der Waals surface area contributed by atoms with Crippen LogP contribution in [0.15, 0.2) is 67.1 Å². The van der Waals surface area contributed by atoms with Gasteiger partial charge in [0.15, 0.2) is 5.65 Å². The Morgan fingerprint density at radius 2 is 1.72 bits per heavy atom. The van der Waals surface area contributed by atoms with Crippen LogP contribution < -0.4 is 5.73 Å². The lowest BCUT2D eigenvalue weighted by molar-refractivity contribution is 0.299. The highest BCUT2D eigenvalue weighted by atomic mass is 16.2. The van der Waals surface area contributed by atoms with E-state index in [4.69, 9.17) is 10.8 Å². The second-order valence-electron chi connectivity index (χ2n) is 5.88. The molecule has 2 aromatic heterocycles. The quantitative estimate of drug-likeness (QED) is 0.602. The molecular weight excluding hydrogens is 312 g/mol. The van der Waals surface area contributed by atoms with Gasteiger partial charge in [0.1, 0.15) is 12.1 Å². The Morgan fingerprint density at radius 3 is 2.44 bits per heavy atom. The van der Waals surface area contributed by atoms with Gasteiger partial charge in [0, 0.05) is 24.1 Å². The van der Waals surface area contributed by atoms with E-state index in [0.717, 1.165) is 33.4 Å². The van der Waals surface area contributed by atoms with Gasteiger partial charge in [-0.3, -0.25) is 0 Å². The molecule has 2 heterocycles. The summed E-state index contributed by atoms with van der Waals surface area (Å²) >= 11 is 0. The zero-order chi connectivity index (χ0) is 17.2. The molecule has 0 radical (unpaired) electrons. The van der Waals surface area contributed by atoms with Crippen molar-refractivity contribution in [1.29, 1.82) is 0 Å². The number of anilines is 1. The number of hydrogen-bond donors (Lipinski definition) is 2. The van der Waals surface area contributed by atoms with Crippen LogP contribution in [0.1, 0.15) is 5.56 Å². The Balaban J connectivity index is 1.92. The van der Waals surface area contributed by atoms with Gasteiger partial charge in [-0.05, 0) is 29.7 Å². The number of aromatic nitrogens is 3. The zero-order valence-electron chi connectivity index (χ0n) is 13.6. The maximum Gasteiger partial charge on any atom is 0.150 e. The molecule has 0 saturated carbocycles. The maximum atomic E-state index is 9.07. The first kappa shape index (κ1) is 15.4. The lowest BCUT2D eigenvalue weighted by Crippen LogP contribution is -1.97. The summed E-state index contributed by atoms with van der Waals surface area (Å²) in [6, 6.07) is 18.2. The van der Waals surface area contributed by atoms with Crippen LogP contribution >= 0.6 is 0 Å². The summed E-state index contributed by atoms with van der Waals surface area (Å²) in [5.74, 6) is 0.472. The third-order valence-corrected chi connectivity index (χ3v) is 4.31. The highest BCUT2D eigenvalue weighted by Gasteiger charge is 2.15. The van der Waals surface area contributed by atoms with Crippen LogP contribution in [-0.4, -0.2) is 26.2 Å². The molecule has 0 fully saturated rings. The summed E-state index contributed by atoms with van der Waals surface area (Å²) in [5, 5.41) is 9.93. The number of benzene rings is 2. The number of nitrogen functional groups attached to an aromatic ring is 1. The highest BCUT2D eigenvalue weighted by molar-refractivity contribution is 6.01. The number of nitrogens with two attached hydrogens (primary N) is 1. The van der Waals surface area contributed by atoms with Crippen molar-refractivity contribution in [2.75, 3.05) is 12.3 Å². The monoisotopic (exact) mass is 330 g/mol. The summed E-state index contributed by atoms with van der Waals surface area (Å²) in [6.07, 6.45) is 4.19. The van der Waals surface area contributed by atoms with E-state index in [0.29, 0.717) is 12.2 Å². The fraction of sp³-hybridized carbons (Fsp3) is 0.100. The minimum atomic E-state index is 0.147. The average Bonchev–Trinajstić information content (AvgIpc) is 3.04. The molecule has 4 aromatic rings. The molecule has 0 unspecified atom stereocenters. The molecule has 5 heteroatoms. The topological polar surface area (TPSA) is 77.0 Å². The Labute approximate surface area is 145 Å². The van der Waals surface area contributed by atoms with Crippen LogP contribution in [-0.2, 0) is 6.42 Å². The summed E-state index contributed by atoms with van der Waals surface area (Å²) in [5.41, 5.74) is 11.1. The van der Waals surface area contributed by atoms with Crippen molar-refractivity contribution in [3.8, 4) is 16.8 Å². The molecule has 25 heavy (non-hydrogen) atoms. The molecule has 0 aliphatic carbocycles. The number of hydrogen-bond acceptors (Lipinski definition) is 4. The number of aliphatic hydroxyl groups excluding tert-OH is 1. The summed E-state index contributed by atoms with van der Waals surface area (Å²) in [4.78, 5) is 8.62. The Bertz CT molecular complexity index is 1010. The first-order valence-electron chi connectivity index (χ1n) is 8.15. The molecule has 0 atom stereocenters. The van der Waals surface area contributed by atoms with E-state index in [1.165, 1.54) is 6.33 Å². The molecule has 3 N–H and O–H groups in total. The van der Waals surface area contributed by atoms with Gasteiger partial charge in [-0.1, -0.05) is 42.5 Å². The van der Waals surface area contributed by atoms with Crippen molar-refractivity contribution in [2.24, 2.45) is 0 Å². The van der Waals surface area contributed by atoms with Crippen LogP contribution in [0.2, 0.25) is 0 Å². The van der Waals surface area contributed by atoms with Crippen molar-refractivity contribution in [1.82, 2.24) is 14.5 Å². The van der Waals surface area contributed by atoms with E-state index in [1.807, 2.05) is 53.2 Å². The maximum absolute atomic E-state index is 9.07. The Morgan fingerprint density at radius 1 is 0.960 bits per heavy atom. The number of aliphatic hydroxyl groups is 1. The fourth-order valence-corrected chi connectivity index (χ4v) is 3.07. The van der Waals surface area contributed by atoms with Crippen molar-refractivity contribution < 1.29 is 5.11 Å². The minimum Gasteiger partial charge on any atom is -0.396 e.